The van der Waals surface area contributed by atoms with Gasteiger partial charge in [0, 0.05) is 16.3 Å². The van der Waals surface area contributed by atoms with Gasteiger partial charge in [0.15, 0.2) is 0 Å². The molecule has 3 nitrogen and oxygen atoms in total. The average molecular weight is 352 g/mol. The molecule has 3 aromatic rings. The molecule has 0 atom stereocenters. The van der Waals surface area contributed by atoms with Crippen molar-refractivity contribution in [2.45, 2.75) is 13.3 Å². The van der Waals surface area contributed by atoms with Crippen LogP contribution in [0, 0.1) is 0 Å². The fraction of sp³-hybridized carbons (Fsp3) is 0.0952. The van der Waals surface area contributed by atoms with Crippen molar-refractivity contribution in [3.05, 3.63) is 88.9 Å². The van der Waals surface area contributed by atoms with E-state index >= 15 is 0 Å². The summed E-state index contributed by atoms with van der Waals surface area (Å²) in [7, 11) is 0. The van der Waals surface area contributed by atoms with Crippen LogP contribution in [0.3, 0.4) is 0 Å². The molecule has 0 unspecified atom stereocenters. The fourth-order valence-electron chi connectivity index (χ4n) is 2.34. The van der Waals surface area contributed by atoms with Crippen molar-refractivity contribution in [2.75, 3.05) is 5.32 Å². The highest BCUT2D eigenvalue weighted by Gasteiger charge is 2.06. The lowest BCUT2D eigenvalue weighted by Gasteiger charge is -2.08. The Morgan fingerprint density at radius 3 is 2.00 bits per heavy atom. The van der Waals surface area contributed by atoms with Crippen molar-refractivity contribution >= 4 is 23.2 Å². The molecule has 0 spiro atoms. The average Bonchev–Trinajstić information content (AvgIpc) is 2.65. The van der Waals surface area contributed by atoms with Crippen LogP contribution in [-0.4, -0.2) is 5.91 Å². The number of aryl methyl sites for hydroxylation is 1. The van der Waals surface area contributed by atoms with Crippen LogP contribution in [-0.2, 0) is 6.42 Å². The summed E-state index contributed by atoms with van der Waals surface area (Å²) in [5.74, 6) is 1.26. The van der Waals surface area contributed by atoms with Gasteiger partial charge in [-0.25, -0.2) is 0 Å². The molecule has 0 aliphatic rings. The third-order valence-corrected chi connectivity index (χ3v) is 4.04. The molecule has 25 heavy (non-hydrogen) atoms. The summed E-state index contributed by atoms with van der Waals surface area (Å²) >= 11 is 5.86. The van der Waals surface area contributed by atoms with E-state index in [2.05, 4.69) is 12.2 Å². The van der Waals surface area contributed by atoms with Gasteiger partial charge in [-0.2, -0.15) is 0 Å². The molecule has 4 heteroatoms. The lowest BCUT2D eigenvalue weighted by Crippen LogP contribution is -2.11. The maximum Gasteiger partial charge on any atom is 0.255 e. The number of nitrogens with one attached hydrogen (secondary N) is 1. The predicted molar refractivity (Wildman–Crippen MR) is 102 cm³/mol. The highest BCUT2D eigenvalue weighted by Crippen LogP contribution is 2.24. The van der Waals surface area contributed by atoms with Crippen LogP contribution >= 0.6 is 11.6 Å². The van der Waals surface area contributed by atoms with Crippen LogP contribution in [0.2, 0.25) is 5.02 Å². The molecule has 0 saturated carbocycles. The van der Waals surface area contributed by atoms with E-state index in [1.165, 1.54) is 5.56 Å². The smallest absolute Gasteiger partial charge is 0.255 e. The van der Waals surface area contributed by atoms with Gasteiger partial charge in [0.1, 0.15) is 11.5 Å². The minimum Gasteiger partial charge on any atom is -0.457 e. The van der Waals surface area contributed by atoms with Gasteiger partial charge in [0.05, 0.1) is 0 Å². The lowest BCUT2D eigenvalue weighted by atomic mass is 10.1. The van der Waals surface area contributed by atoms with E-state index in [4.69, 9.17) is 16.3 Å². The first kappa shape index (κ1) is 17.1. The molecule has 0 fully saturated rings. The van der Waals surface area contributed by atoms with Crippen molar-refractivity contribution in [2.24, 2.45) is 0 Å². The van der Waals surface area contributed by atoms with Crippen LogP contribution < -0.4 is 10.1 Å². The Morgan fingerprint density at radius 2 is 1.44 bits per heavy atom. The van der Waals surface area contributed by atoms with Crippen LogP contribution in [0.1, 0.15) is 22.8 Å². The molecule has 0 aliphatic heterocycles. The third-order valence-electron chi connectivity index (χ3n) is 3.79. The second-order valence-electron chi connectivity index (χ2n) is 5.58. The predicted octanol–water partition coefficient (Wildman–Crippen LogP) is 5.95. The van der Waals surface area contributed by atoms with Crippen molar-refractivity contribution in [1.82, 2.24) is 0 Å². The SMILES string of the molecule is CCc1ccc(C(=O)Nc2ccc(Oc3ccc(Cl)cc3)cc2)cc1. The number of carbonyl (C=O) groups excluding carboxylic acids is 1. The molecule has 0 aromatic heterocycles. The Morgan fingerprint density at radius 1 is 0.880 bits per heavy atom. The van der Waals surface area contributed by atoms with E-state index < -0.39 is 0 Å². The molecular weight excluding hydrogens is 334 g/mol. The topological polar surface area (TPSA) is 38.3 Å². The third kappa shape index (κ3) is 4.61. The second kappa shape index (κ2) is 7.86. The molecule has 0 heterocycles. The first-order valence-electron chi connectivity index (χ1n) is 8.08. The molecular formula is C21H18ClNO2. The Hall–Kier alpha value is -2.78. The number of hydrogen-bond donors (Lipinski definition) is 1. The number of anilines is 1. The summed E-state index contributed by atoms with van der Waals surface area (Å²) in [4.78, 5) is 12.3. The number of hydrogen-bond acceptors (Lipinski definition) is 2. The molecule has 126 valence electrons. The summed E-state index contributed by atoms with van der Waals surface area (Å²) in [6.07, 6.45) is 0.955. The summed E-state index contributed by atoms with van der Waals surface area (Å²) in [5, 5.41) is 3.55. The standard InChI is InChI=1S/C21H18ClNO2/c1-2-15-3-5-16(6-4-15)21(24)23-18-9-13-20(14-10-18)25-19-11-7-17(22)8-12-19/h3-14H,2H2,1H3,(H,23,24). The molecule has 0 aliphatic carbocycles. The molecule has 3 aromatic carbocycles. The highest BCUT2D eigenvalue weighted by molar-refractivity contribution is 6.30. The Balaban J connectivity index is 1.63. The summed E-state index contributed by atoms with van der Waals surface area (Å²) in [5.41, 5.74) is 2.56. The van der Waals surface area contributed by atoms with Gasteiger partial charge in [-0.3, -0.25) is 4.79 Å². The number of halogens is 1. The minimum absolute atomic E-state index is 0.131. The zero-order valence-electron chi connectivity index (χ0n) is 13.8. The van der Waals surface area contributed by atoms with Crippen LogP contribution in [0.5, 0.6) is 11.5 Å². The van der Waals surface area contributed by atoms with E-state index in [9.17, 15) is 4.79 Å². The van der Waals surface area contributed by atoms with Gasteiger partial charge < -0.3 is 10.1 Å². The van der Waals surface area contributed by atoms with Gasteiger partial charge in [0.2, 0.25) is 0 Å². The summed E-state index contributed by atoms with van der Waals surface area (Å²) < 4.78 is 5.73. The number of carbonyl (C=O) groups is 1. The maximum atomic E-state index is 12.3. The Labute approximate surface area is 152 Å². The summed E-state index contributed by atoms with van der Waals surface area (Å²) in [6.45, 7) is 2.09. The molecule has 1 amide bonds. The quantitative estimate of drug-likeness (QED) is 0.617. The normalized spacial score (nSPS) is 10.3. The van der Waals surface area contributed by atoms with Gasteiger partial charge in [-0.05, 0) is 72.6 Å². The van der Waals surface area contributed by atoms with Gasteiger partial charge >= 0.3 is 0 Å². The molecule has 0 bridgehead atoms. The van der Waals surface area contributed by atoms with Gasteiger partial charge in [-0.1, -0.05) is 30.7 Å². The summed E-state index contributed by atoms with van der Waals surface area (Å²) in [6, 6.07) is 22.0. The number of rotatable bonds is 5. The lowest BCUT2D eigenvalue weighted by molar-refractivity contribution is 0.102. The Kier molecular flexibility index (Phi) is 5.36. The van der Waals surface area contributed by atoms with E-state index in [0.29, 0.717) is 27.8 Å². The van der Waals surface area contributed by atoms with E-state index in [1.54, 1.807) is 24.3 Å². The van der Waals surface area contributed by atoms with Crippen molar-refractivity contribution in [3.63, 3.8) is 0 Å². The Bertz CT molecular complexity index is 841. The van der Waals surface area contributed by atoms with Crippen molar-refractivity contribution in [3.8, 4) is 11.5 Å². The molecule has 0 radical (unpaired) electrons. The van der Waals surface area contributed by atoms with E-state index in [-0.39, 0.29) is 5.91 Å². The highest BCUT2D eigenvalue weighted by atomic mass is 35.5. The van der Waals surface area contributed by atoms with E-state index in [1.807, 2.05) is 48.5 Å². The van der Waals surface area contributed by atoms with Crippen LogP contribution in [0.15, 0.2) is 72.8 Å². The zero-order chi connectivity index (χ0) is 17.6. The van der Waals surface area contributed by atoms with Gasteiger partial charge in [-0.15, -0.1) is 0 Å². The first-order chi connectivity index (χ1) is 12.1. The molecule has 1 N–H and O–H groups in total. The minimum atomic E-state index is -0.131. The monoisotopic (exact) mass is 351 g/mol. The zero-order valence-corrected chi connectivity index (χ0v) is 14.6. The largest absolute Gasteiger partial charge is 0.457 e. The number of benzene rings is 3. The fourth-order valence-corrected chi connectivity index (χ4v) is 2.47. The van der Waals surface area contributed by atoms with E-state index in [0.717, 1.165) is 6.42 Å². The van der Waals surface area contributed by atoms with Gasteiger partial charge in [0.25, 0.3) is 5.91 Å². The number of ether oxygens (including phenoxy) is 1. The van der Waals surface area contributed by atoms with Crippen LogP contribution in [0.4, 0.5) is 5.69 Å². The van der Waals surface area contributed by atoms with Crippen LogP contribution in [0.25, 0.3) is 0 Å². The molecule has 3 rings (SSSR count). The maximum absolute atomic E-state index is 12.3. The van der Waals surface area contributed by atoms with Crippen molar-refractivity contribution in [1.29, 1.82) is 0 Å². The first-order valence-corrected chi connectivity index (χ1v) is 8.45. The number of amides is 1. The second-order valence-corrected chi connectivity index (χ2v) is 6.02. The van der Waals surface area contributed by atoms with Crippen molar-refractivity contribution < 1.29 is 9.53 Å². The molecule has 0 saturated heterocycles.